The number of methoxy groups -OCH3 is 1. The van der Waals surface area contributed by atoms with Gasteiger partial charge in [0, 0.05) is 30.2 Å². The number of aromatic nitrogens is 4. The van der Waals surface area contributed by atoms with Crippen LogP contribution in [0.15, 0.2) is 29.9 Å². The maximum Gasteiger partial charge on any atom is 0.292 e. The molecule has 0 radical (unpaired) electrons. The lowest BCUT2D eigenvalue weighted by atomic mass is 9.95. The Morgan fingerprint density at radius 3 is 2.76 bits per heavy atom. The van der Waals surface area contributed by atoms with E-state index in [1.807, 2.05) is 30.5 Å². The Bertz CT molecular complexity index is 1290. The second kappa shape index (κ2) is 10.7. The van der Waals surface area contributed by atoms with Crippen molar-refractivity contribution in [1.82, 2.24) is 19.5 Å². The van der Waals surface area contributed by atoms with Gasteiger partial charge >= 0.3 is 0 Å². The Hall–Kier alpha value is -2.64. The van der Waals surface area contributed by atoms with Gasteiger partial charge in [-0.2, -0.15) is 0 Å². The van der Waals surface area contributed by atoms with Crippen molar-refractivity contribution in [3.8, 4) is 11.4 Å². The zero-order valence-corrected chi connectivity index (χ0v) is 21.5. The van der Waals surface area contributed by atoms with Crippen LogP contribution in [0.4, 0.5) is 10.2 Å². The molecule has 180 valence electrons. The van der Waals surface area contributed by atoms with Crippen molar-refractivity contribution in [1.29, 1.82) is 0 Å². The van der Waals surface area contributed by atoms with Crippen molar-refractivity contribution < 1.29 is 13.9 Å². The molecular weight excluding hydrogens is 472 g/mol. The van der Waals surface area contributed by atoms with E-state index in [1.165, 1.54) is 45.1 Å². The second-order valence-electron chi connectivity index (χ2n) is 8.47. The molecule has 2 aliphatic carbocycles. The summed E-state index contributed by atoms with van der Waals surface area (Å²) in [6, 6.07) is 4.04. The summed E-state index contributed by atoms with van der Waals surface area (Å²) in [5, 5.41) is 6.53. The summed E-state index contributed by atoms with van der Waals surface area (Å²) in [5.41, 5.74) is 2.48. The third kappa shape index (κ3) is 4.77. The number of nitrogens with one attached hydrogen (secondary N) is 1. The normalized spacial score (nSPS) is 20.4. The lowest BCUT2D eigenvalue weighted by Gasteiger charge is -2.23. The molecule has 0 aliphatic heterocycles. The molecule has 2 fully saturated rings. The van der Waals surface area contributed by atoms with Crippen LogP contribution in [0.5, 0.6) is 0 Å². The average molecular weight is 502 g/mol. The number of nitrogens with zero attached hydrogens (tertiary/aromatic N) is 4. The molecule has 1 N–H and O–H groups in total. The van der Waals surface area contributed by atoms with E-state index in [-0.39, 0.29) is 5.82 Å². The smallest absolute Gasteiger partial charge is 0.292 e. The lowest BCUT2D eigenvalue weighted by molar-refractivity contribution is -0.126. The van der Waals surface area contributed by atoms with E-state index in [1.54, 1.807) is 11.3 Å². The van der Waals surface area contributed by atoms with Crippen LogP contribution in [0.25, 0.3) is 32.6 Å². The summed E-state index contributed by atoms with van der Waals surface area (Å²) in [6.07, 6.45) is 8.46. The third-order valence-electron chi connectivity index (χ3n) is 6.48. The first-order valence-corrected chi connectivity index (χ1v) is 13.3. The van der Waals surface area contributed by atoms with Crippen LogP contribution < -0.4 is 5.32 Å². The first-order valence-electron chi connectivity index (χ1n) is 11.2. The van der Waals surface area contributed by atoms with E-state index in [0.29, 0.717) is 18.3 Å². The number of ether oxygens (including phenoxy) is 1. The summed E-state index contributed by atoms with van der Waals surface area (Å²) in [7, 11) is 5.64. The molecule has 4 heterocycles. The maximum absolute atomic E-state index is 13.9. The molecule has 4 atom stereocenters. The molecule has 0 saturated heterocycles. The van der Waals surface area contributed by atoms with E-state index in [9.17, 15) is 4.39 Å². The molecular formula is C24H29FN5O2PS. The highest BCUT2D eigenvalue weighted by Gasteiger charge is 2.39. The van der Waals surface area contributed by atoms with Gasteiger partial charge in [0.1, 0.15) is 17.3 Å². The largest absolute Gasteiger partial charge is 0.471 e. The van der Waals surface area contributed by atoms with Crippen molar-refractivity contribution >= 4 is 54.1 Å². The number of carbonyl (C=O) groups excluding carboxylic acids is 1. The molecule has 0 aromatic carbocycles. The molecule has 4 unspecified atom stereocenters. The predicted octanol–water partition coefficient (Wildman–Crippen LogP) is 5.27. The number of pyridine rings is 1. The maximum atomic E-state index is 13.9. The summed E-state index contributed by atoms with van der Waals surface area (Å²) in [4.78, 5) is 22.9. The predicted molar refractivity (Wildman–Crippen MR) is 139 cm³/mol. The fraction of sp³-hybridized carbons (Fsp3) is 0.417. The highest BCUT2D eigenvalue weighted by Crippen LogP contribution is 2.46. The Morgan fingerprint density at radius 1 is 1.29 bits per heavy atom. The number of aryl methyl sites for hydroxylation is 1. The standard InChI is InChI=1S/C21H20FN5S.C2H4O2.CH5P/c1-27-10-15(14-8-13(22)9-23-21(14)27)19-24-16-4-5-28-18(16)20(26-19)25-17-7-11-2-3-12(17)6-11;1-4-2-3;1-2/h4-5,8-12,17H,2-3,6-7H2,1H3,(H,24,25,26);2H,1H3;2H2,1H3. The van der Waals surface area contributed by atoms with Gasteiger partial charge in [0.05, 0.1) is 23.5 Å². The summed E-state index contributed by atoms with van der Waals surface area (Å²) >= 11 is 1.67. The minimum Gasteiger partial charge on any atom is -0.471 e. The van der Waals surface area contributed by atoms with Crippen molar-refractivity contribution in [3.63, 3.8) is 0 Å². The number of rotatable bonds is 4. The molecule has 4 aromatic rings. The van der Waals surface area contributed by atoms with Crippen LogP contribution in [0.2, 0.25) is 0 Å². The summed E-state index contributed by atoms with van der Waals surface area (Å²) in [5.74, 6) is 2.81. The lowest BCUT2D eigenvalue weighted by Crippen LogP contribution is -2.26. The Labute approximate surface area is 204 Å². The molecule has 2 aliphatic rings. The number of anilines is 1. The first-order chi connectivity index (χ1) is 16.6. The van der Waals surface area contributed by atoms with Crippen LogP contribution >= 0.6 is 20.6 Å². The van der Waals surface area contributed by atoms with Gasteiger partial charge < -0.3 is 14.6 Å². The van der Waals surface area contributed by atoms with E-state index < -0.39 is 0 Å². The van der Waals surface area contributed by atoms with Crippen molar-refractivity contribution in [3.05, 3.63) is 35.7 Å². The number of hydrogen-bond donors (Lipinski definition) is 1. The Morgan fingerprint density at radius 2 is 2.09 bits per heavy atom. The Kier molecular flexibility index (Phi) is 7.73. The summed E-state index contributed by atoms with van der Waals surface area (Å²) in [6.45, 7) is 2.29. The van der Waals surface area contributed by atoms with E-state index in [4.69, 9.17) is 14.8 Å². The van der Waals surface area contributed by atoms with Gasteiger partial charge in [-0.15, -0.1) is 20.6 Å². The average Bonchev–Trinajstić information content (AvgIpc) is 3.65. The fourth-order valence-electron chi connectivity index (χ4n) is 5.09. The summed E-state index contributed by atoms with van der Waals surface area (Å²) < 4.78 is 20.7. The minimum atomic E-state index is -0.350. The molecule has 6 rings (SSSR count). The van der Waals surface area contributed by atoms with Crippen LogP contribution in [0.3, 0.4) is 0 Å². The van der Waals surface area contributed by atoms with Crippen LogP contribution in [0.1, 0.15) is 25.7 Å². The molecule has 2 bridgehead atoms. The first kappa shape index (κ1) is 24.5. The monoisotopic (exact) mass is 501 g/mol. The van der Waals surface area contributed by atoms with Crippen molar-refractivity contribution in [2.24, 2.45) is 18.9 Å². The molecule has 0 amide bonds. The van der Waals surface area contributed by atoms with E-state index in [2.05, 4.69) is 29.7 Å². The van der Waals surface area contributed by atoms with Gasteiger partial charge in [0.25, 0.3) is 6.47 Å². The quantitative estimate of drug-likeness (QED) is 0.303. The van der Waals surface area contributed by atoms with E-state index >= 15 is 0 Å². The number of carbonyl (C=O) groups is 1. The zero-order valence-electron chi connectivity index (χ0n) is 19.5. The highest BCUT2D eigenvalue weighted by molar-refractivity contribution is 7.17. The number of halogens is 1. The topological polar surface area (TPSA) is 81.9 Å². The molecule has 2 saturated carbocycles. The highest BCUT2D eigenvalue weighted by atomic mass is 32.1. The van der Waals surface area contributed by atoms with Gasteiger partial charge in [-0.25, -0.2) is 19.3 Å². The van der Waals surface area contributed by atoms with Crippen molar-refractivity contribution in [2.75, 3.05) is 19.1 Å². The zero-order chi connectivity index (χ0) is 24.2. The molecule has 10 heteroatoms. The molecule has 7 nitrogen and oxygen atoms in total. The van der Waals surface area contributed by atoms with E-state index in [0.717, 1.165) is 44.5 Å². The van der Waals surface area contributed by atoms with Gasteiger partial charge in [0.15, 0.2) is 5.82 Å². The number of thiophene rings is 1. The Balaban J connectivity index is 0.000000417. The minimum absolute atomic E-state index is 0.350. The molecule has 0 spiro atoms. The van der Waals surface area contributed by atoms with Gasteiger partial charge in [-0.3, -0.25) is 4.79 Å². The third-order valence-corrected chi connectivity index (χ3v) is 7.39. The van der Waals surface area contributed by atoms with Gasteiger partial charge in [-0.05, 0) is 48.6 Å². The van der Waals surface area contributed by atoms with Crippen LogP contribution in [-0.2, 0) is 16.6 Å². The molecule has 34 heavy (non-hydrogen) atoms. The molecule has 4 aromatic heterocycles. The van der Waals surface area contributed by atoms with Gasteiger partial charge in [0.2, 0.25) is 0 Å². The number of fused-ring (bicyclic) bond motifs is 4. The fourth-order valence-corrected chi connectivity index (χ4v) is 5.88. The van der Waals surface area contributed by atoms with Crippen LogP contribution in [-0.4, -0.2) is 45.8 Å². The van der Waals surface area contributed by atoms with Crippen LogP contribution in [0, 0.1) is 17.7 Å². The number of hydrogen-bond acceptors (Lipinski definition) is 7. The second-order valence-corrected chi connectivity index (χ2v) is 9.38. The van der Waals surface area contributed by atoms with Crippen molar-refractivity contribution in [2.45, 2.75) is 31.7 Å². The van der Waals surface area contributed by atoms with Gasteiger partial charge in [-0.1, -0.05) is 13.1 Å². The SMILES string of the molecule is COC=O.CP.Cn1cc(-c2nc(NC3CC4CCC3C4)c3sccc3n2)c2cc(F)cnc21.